The number of carbonyl (C=O) groups is 1. The summed E-state index contributed by atoms with van der Waals surface area (Å²) in [6.07, 6.45) is 5.31. The van der Waals surface area contributed by atoms with Gasteiger partial charge in [-0.25, -0.2) is 9.18 Å². The Bertz CT molecular complexity index is 195. The third-order valence-corrected chi connectivity index (χ3v) is 2.92. The number of hydrogen-bond acceptors (Lipinski definition) is 2. The molecule has 0 spiro atoms. The Kier molecular flexibility index (Phi) is 3.90. The van der Waals surface area contributed by atoms with Crippen molar-refractivity contribution in [2.75, 3.05) is 0 Å². The molecular formula is C11H19FO2. The Morgan fingerprint density at radius 2 is 2.00 bits per heavy atom. The molecule has 1 saturated carbocycles. The van der Waals surface area contributed by atoms with Crippen LogP contribution in [0.3, 0.4) is 0 Å². The van der Waals surface area contributed by atoms with E-state index in [1.54, 1.807) is 6.92 Å². The molecule has 1 fully saturated rings. The lowest BCUT2D eigenvalue weighted by Crippen LogP contribution is -2.35. The van der Waals surface area contributed by atoms with E-state index in [4.69, 9.17) is 4.74 Å². The van der Waals surface area contributed by atoms with E-state index in [-0.39, 0.29) is 12.5 Å². The molecule has 3 heteroatoms. The Morgan fingerprint density at radius 1 is 1.43 bits per heavy atom. The largest absolute Gasteiger partial charge is 0.460 e. The van der Waals surface area contributed by atoms with Gasteiger partial charge in [-0.15, -0.1) is 0 Å². The van der Waals surface area contributed by atoms with Crippen LogP contribution in [0.25, 0.3) is 0 Å². The Hall–Kier alpha value is -0.600. The minimum Gasteiger partial charge on any atom is -0.460 e. The van der Waals surface area contributed by atoms with Crippen molar-refractivity contribution < 1.29 is 13.9 Å². The molecule has 1 unspecified atom stereocenters. The summed E-state index contributed by atoms with van der Waals surface area (Å²) in [5.41, 5.74) is -1.81. The minimum absolute atomic E-state index is 0.0436. The maximum absolute atomic E-state index is 13.5. The number of rotatable bonds is 3. The van der Waals surface area contributed by atoms with Gasteiger partial charge >= 0.3 is 5.97 Å². The zero-order valence-corrected chi connectivity index (χ0v) is 9.01. The fourth-order valence-electron chi connectivity index (χ4n) is 1.60. The van der Waals surface area contributed by atoms with Crippen molar-refractivity contribution in [3.63, 3.8) is 0 Å². The van der Waals surface area contributed by atoms with E-state index in [0.29, 0.717) is 0 Å². The molecule has 0 saturated heterocycles. The molecule has 1 atom stereocenters. The molecule has 1 rings (SSSR count). The molecule has 0 N–H and O–H groups in total. The van der Waals surface area contributed by atoms with Gasteiger partial charge in [-0.3, -0.25) is 0 Å². The first kappa shape index (κ1) is 11.5. The van der Waals surface area contributed by atoms with Crippen LogP contribution in [0.1, 0.15) is 52.4 Å². The second-order valence-electron chi connectivity index (χ2n) is 4.22. The van der Waals surface area contributed by atoms with E-state index < -0.39 is 11.6 Å². The normalized spacial score (nSPS) is 22.8. The van der Waals surface area contributed by atoms with Crippen LogP contribution in [0.2, 0.25) is 0 Å². The number of esters is 1. The lowest BCUT2D eigenvalue weighted by atomic mass is 9.97. The summed E-state index contributed by atoms with van der Waals surface area (Å²) in [7, 11) is 0. The van der Waals surface area contributed by atoms with Gasteiger partial charge in [-0.05, 0) is 39.0 Å². The molecule has 0 bridgehead atoms. The standard InChI is InChI=1S/C11H19FO2/c1-3-11(2,12)10(13)14-9-7-5-4-6-8-9/h9H,3-8H2,1-2H3. The topological polar surface area (TPSA) is 26.3 Å². The van der Waals surface area contributed by atoms with E-state index >= 15 is 0 Å². The van der Waals surface area contributed by atoms with Crippen molar-refractivity contribution in [2.24, 2.45) is 0 Å². The summed E-state index contributed by atoms with van der Waals surface area (Å²) in [5, 5.41) is 0. The number of carbonyl (C=O) groups excluding carboxylic acids is 1. The molecule has 0 heterocycles. The molecule has 0 aromatic heterocycles. The van der Waals surface area contributed by atoms with Crippen molar-refractivity contribution in [1.82, 2.24) is 0 Å². The number of alkyl halides is 1. The first-order valence-electron chi connectivity index (χ1n) is 5.46. The van der Waals surface area contributed by atoms with Crippen LogP contribution in [-0.2, 0) is 9.53 Å². The Morgan fingerprint density at radius 3 is 2.50 bits per heavy atom. The second-order valence-corrected chi connectivity index (χ2v) is 4.22. The lowest BCUT2D eigenvalue weighted by Gasteiger charge is -2.25. The van der Waals surface area contributed by atoms with E-state index in [1.807, 2.05) is 0 Å². The van der Waals surface area contributed by atoms with Crippen LogP contribution < -0.4 is 0 Å². The van der Waals surface area contributed by atoms with Gasteiger partial charge in [-0.2, -0.15) is 0 Å². The highest BCUT2D eigenvalue weighted by atomic mass is 19.1. The maximum atomic E-state index is 13.5. The summed E-state index contributed by atoms with van der Waals surface area (Å²) >= 11 is 0. The first-order valence-corrected chi connectivity index (χ1v) is 5.46. The molecule has 2 nitrogen and oxygen atoms in total. The number of halogens is 1. The van der Waals surface area contributed by atoms with E-state index in [0.717, 1.165) is 25.7 Å². The van der Waals surface area contributed by atoms with Crippen LogP contribution in [0.5, 0.6) is 0 Å². The highest BCUT2D eigenvalue weighted by Gasteiger charge is 2.34. The van der Waals surface area contributed by atoms with E-state index in [1.165, 1.54) is 13.3 Å². The predicted octanol–water partition coefficient (Wildman–Crippen LogP) is 3.00. The van der Waals surface area contributed by atoms with Gasteiger partial charge in [0, 0.05) is 0 Å². The summed E-state index contributed by atoms with van der Waals surface area (Å²) < 4.78 is 18.6. The molecule has 0 aliphatic heterocycles. The number of ether oxygens (including phenoxy) is 1. The van der Waals surface area contributed by atoms with Crippen LogP contribution in [0.15, 0.2) is 0 Å². The van der Waals surface area contributed by atoms with Crippen molar-refractivity contribution in [3.05, 3.63) is 0 Å². The van der Waals surface area contributed by atoms with Gasteiger partial charge in [0.05, 0.1) is 0 Å². The quantitative estimate of drug-likeness (QED) is 0.657. The highest BCUT2D eigenvalue weighted by Crippen LogP contribution is 2.24. The summed E-state index contributed by atoms with van der Waals surface area (Å²) in [6.45, 7) is 2.94. The van der Waals surface area contributed by atoms with Crippen molar-refractivity contribution in [2.45, 2.75) is 64.1 Å². The summed E-state index contributed by atoms with van der Waals surface area (Å²) in [5.74, 6) is -0.688. The van der Waals surface area contributed by atoms with Gasteiger partial charge in [0.25, 0.3) is 0 Å². The molecule has 14 heavy (non-hydrogen) atoms. The van der Waals surface area contributed by atoms with Crippen LogP contribution in [-0.4, -0.2) is 17.7 Å². The van der Waals surface area contributed by atoms with Gasteiger partial charge in [-0.1, -0.05) is 13.3 Å². The van der Waals surface area contributed by atoms with Crippen LogP contribution in [0.4, 0.5) is 4.39 Å². The average Bonchev–Trinajstić information content (AvgIpc) is 2.19. The lowest BCUT2D eigenvalue weighted by molar-refractivity contribution is -0.164. The fourth-order valence-corrected chi connectivity index (χ4v) is 1.60. The van der Waals surface area contributed by atoms with Gasteiger partial charge in [0.1, 0.15) is 6.10 Å². The van der Waals surface area contributed by atoms with Crippen molar-refractivity contribution in [3.8, 4) is 0 Å². The van der Waals surface area contributed by atoms with Gasteiger partial charge < -0.3 is 4.74 Å². The molecule has 0 aromatic carbocycles. The zero-order chi connectivity index (χ0) is 10.6. The molecular weight excluding hydrogens is 183 g/mol. The van der Waals surface area contributed by atoms with Crippen LogP contribution >= 0.6 is 0 Å². The molecule has 0 radical (unpaired) electrons. The smallest absolute Gasteiger partial charge is 0.343 e. The zero-order valence-electron chi connectivity index (χ0n) is 9.01. The third kappa shape index (κ3) is 2.96. The second kappa shape index (κ2) is 4.76. The van der Waals surface area contributed by atoms with E-state index in [2.05, 4.69) is 0 Å². The first-order chi connectivity index (χ1) is 6.56. The Balaban J connectivity index is 2.39. The molecule has 0 amide bonds. The van der Waals surface area contributed by atoms with Crippen molar-refractivity contribution in [1.29, 1.82) is 0 Å². The number of hydrogen-bond donors (Lipinski definition) is 0. The molecule has 1 aliphatic carbocycles. The predicted molar refractivity (Wildman–Crippen MR) is 52.8 cm³/mol. The van der Waals surface area contributed by atoms with Crippen LogP contribution in [0, 0.1) is 0 Å². The summed E-state index contributed by atoms with van der Waals surface area (Å²) in [6, 6.07) is 0. The van der Waals surface area contributed by atoms with Crippen molar-refractivity contribution >= 4 is 5.97 Å². The molecule has 1 aliphatic rings. The SMILES string of the molecule is CCC(C)(F)C(=O)OC1CCCCC1. The fraction of sp³-hybridized carbons (Fsp3) is 0.909. The maximum Gasteiger partial charge on any atom is 0.343 e. The highest BCUT2D eigenvalue weighted by molar-refractivity contribution is 5.78. The van der Waals surface area contributed by atoms with E-state index in [9.17, 15) is 9.18 Å². The average molecular weight is 202 g/mol. The Labute approximate surface area is 84.8 Å². The van der Waals surface area contributed by atoms with Gasteiger partial charge in [0.2, 0.25) is 5.67 Å². The minimum atomic E-state index is -1.81. The molecule has 0 aromatic rings. The summed E-state index contributed by atoms with van der Waals surface area (Å²) in [4.78, 5) is 11.4. The third-order valence-electron chi connectivity index (χ3n) is 2.92. The molecule has 82 valence electrons. The monoisotopic (exact) mass is 202 g/mol. The van der Waals surface area contributed by atoms with Gasteiger partial charge in [0.15, 0.2) is 0 Å².